The van der Waals surface area contributed by atoms with Crippen molar-refractivity contribution in [2.24, 2.45) is 0 Å². The maximum atomic E-state index is 12.5. The van der Waals surface area contributed by atoms with Gasteiger partial charge in [-0.15, -0.1) is 0 Å². The fourth-order valence-corrected chi connectivity index (χ4v) is 3.84. The molecule has 0 unspecified atom stereocenters. The summed E-state index contributed by atoms with van der Waals surface area (Å²) in [5, 5.41) is 2.66. The minimum atomic E-state index is -0.521. The number of aromatic nitrogens is 2. The molecule has 10 nitrogen and oxygen atoms in total. The van der Waals surface area contributed by atoms with Crippen molar-refractivity contribution in [3.05, 3.63) is 70.8 Å². The minimum Gasteiger partial charge on any atom is -0.460 e. The summed E-state index contributed by atoms with van der Waals surface area (Å²) in [5.41, 5.74) is 0.640. The second kappa shape index (κ2) is 9.86. The monoisotopic (exact) mass is 453 g/mol. The van der Waals surface area contributed by atoms with Crippen molar-refractivity contribution < 1.29 is 19.1 Å². The number of allylic oxidation sites excluding steroid dienone is 2. The first-order valence-corrected chi connectivity index (χ1v) is 10.8. The number of carbonyl (C=O) groups is 2. The number of rotatable bonds is 6. The summed E-state index contributed by atoms with van der Waals surface area (Å²) in [4.78, 5) is 44.7. The van der Waals surface area contributed by atoms with Crippen molar-refractivity contribution >= 4 is 17.7 Å². The van der Waals surface area contributed by atoms with Gasteiger partial charge in [-0.1, -0.05) is 12.2 Å². The zero-order valence-electron chi connectivity index (χ0n) is 18.6. The van der Waals surface area contributed by atoms with Crippen molar-refractivity contribution in [2.45, 2.75) is 38.0 Å². The number of nitrogens with zero attached hydrogens (tertiary/aromatic N) is 4. The third-order valence-electron chi connectivity index (χ3n) is 5.50. The Morgan fingerprint density at radius 3 is 2.52 bits per heavy atom. The molecular weight excluding hydrogens is 426 g/mol. The largest absolute Gasteiger partial charge is 0.460 e. The van der Waals surface area contributed by atoms with E-state index in [-0.39, 0.29) is 30.4 Å². The van der Waals surface area contributed by atoms with Crippen LogP contribution in [0, 0.1) is 0 Å². The number of amides is 1. The second-order valence-electron chi connectivity index (χ2n) is 8.16. The van der Waals surface area contributed by atoms with E-state index < -0.39 is 11.9 Å². The summed E-state index contributed by atoms with van der Waals surface area (Å²) in [5.74, 6) is -0.487. The molecule has 174 valence electrons. The number of carbonyl (C=O) groups excluding carboxylic acids is 2. The van der Waals surface area contributed by atoms with Gasteiger partial charge in [0.1, 0.15) is 18.7 Å². The molecule has 0 saturated carbocycles. The van der Waals surface area contributed by atoms with Crippen molar-refractivity contribution in [3.63, 3.8) is 0 Å². The van der Waals surface area contributed by atoms with Crippen molar-refractivity contribution in [3.8, 4) is 0 Å². The molecule has 33 heavy (non-hydrogen) atoms. The van der Waals surface area contributed by atoms with E-state index in [1.807, 2.05) is 38.6 Å². The molecule has 1 aromatic heterocycles. The van der Waals surface area contributed by atoms with Gasteiger partial charge in [0.15, 0.2) is 0 Å². The third kappa shape index (κ3) is 5.58. The molecule has 0 spiro atoms. The molecule has 1 saturated heterocycles. The predicted molar refractivity (Wildman–Crippen MR) is 120 cm³/mol. The van der Waals surface area contributed by atoms with Gasteiger partial charge in [0.25, 0.3) is 5.91 Å². The zero-order chi connectivity index (χ0) is 23.4. The molecule has 0 radical (unpaired) electrons. The van der Waals surface area contributed by atoms with Crippen LogP contribution in [-0.2, 0) is 19.1 Å². The Kier molecular flexibility index (Phi) is 6.74. The molecule has 10 heteroatoms. The number of ether oxygens (including phenoxy) is 2. The summed E-state index contributed by atoms with van der Waals surface area (Å²) in [6.45, 7) is 0.119. The topological polar surface area (TPSA) is 106 Å². The number of hydrogen-bond acceptors (Lipinski definition) is 8. The number of nitrogens with one attached hydrogen (secondary N) is 1. The van der Waals surface area contributed by atoms with Gasteiger partial charge in [-0.2, -0.15) is 4.98 Å². The number of hydrogen-bond donors (Lipinski definition) is 1. The van der Waals surface area contributed by atoms with Gasteiger partial charge < -0.3 is 24.6 Å². The lowest BCUT2D eigenvalue weighted by molar-refractivity contribution is -0.144. The highest BCUT2D eigenvalue weighted by molar-refractivity contribution is 6.03. The van der Waals surface area contributed by atoms with Crippen LogP contribution in [-0.4, -0.2) is 58.0 Å². The minimum absolute atomic E-state index is 0.119. The average molecular weight is 453 g/mol. The van der Waals surface area contributed by atoms with Crippen molar-refractivity contribution in [1.29, 1.82) is 0 Å². The highest BCUT2D eigenvalue weighted by Gasteiger charge is 2.29. The SMILES string of the molecule is CN1C=CCC(C(=O)Nc2ccn([C@H]3CC[C@@H](COC(=O)C4=CN(C)C=CC4)O3)c(=O)n2)=C1. The lowest BCUT2D eigenvalue weighted by atomic mass is 10.1. The van der Waals surface area contributed by atoms with E-state index >= 15 is 0 Å². The molecule has 1 N–H and O–H groups in total. The van der Waals surface area contributed by atoms with Crippen LogP contribution in [0.1, 0.15) is 31.9 Å². The molecule has 1 amide bonds. The van der Waals surface area contributed by atoms with E-state index in [0.29, 0.717) is 36.8 Å². The number of anilines is 1. The molecule has 0 aromatic carbocycles. The molecule has 1 fully saturated rings. The molecule has 0 aliphatic carbocycles. The van der Waals surface area contributed by atoms with Gasteiger partial charge in [-0.3, -0.25) is 9.36 Å². The second-order valence-corrected chi connectivity index (χ2v) is 8.16. The summed E-state index contributed by atoms with van der Waals surface area (Å²) in [7, 11) is 3.68. The van der Waals surface area contributed by atoms with Gasteiger partial charge in [0, 0.05) is 44.7 Å². The van der Waals surface area contributed by atoms with E-state index in [0.717, 1.165) is 0 Å². The maximum absolute atomic E-state index is 12.5. The van der Waals surface area contributed by atoms with Crippen LogP contribution in [0.4, 0.5) is 5.82 Å². The molecule has 3 aliphatic rings. The van der Waals surface area contributed by atoms with Crippen LogP contribution in [0.2, 0.25) is 0 Å². The highest BCUT2D eigenvalue weighted by Crippen LogP contribution is 2.27. The smallest absolute Gasteiger partial charge is 0.351 e. The summed E-state index contributed by atoms with van der Waals surface area (Å²) in [6.07, 6.45) is 14.0. The quantitative estimate of drug-likeness (QED) is 0.651. The van der Waals surface area contributed by atoms with Crippen LogP contribution in [0.5, 0.6) is 0 Å². The normalized spacial score (nSPS) is 22.1. The maximum Gasteiger partial charge on any atom is 0.351 e. The van der Waals surface area contributed by atoms with Gasteiger partial charge >= 0.3 is 11.7 Å². The van der Waals surface area contributed by atoms with Gasteiger partial charge in [0.05, 0.1) is 11.7 Å². The Bertz CT molecular complexity index is 1100. The fraction of sp³-hybridized carbons (Fsp3) is 0.391. The van der Waals surface area contributed by atoms with Crippen LogP contribution in [0.3, 0.4) is 0 Å². The van der Waals surface area contributed by atoms with Crippen LogP contribution in [0.25, 0.3) is 0 Å². The van der Waals surface area contributed by atoms with Gasteiger partial charge in [-0.25, -0.2) is 9.59 Å². The third-order valence-corrected chi connectivity index (χ3v) is 5.50. The van der Waals surface area contributed by atoms with E-state index in [9.17, 15) is 14.4 Å². The first kappa shape index (κ1) is 22.5. The number of esters is 1. The van der Waals surface area contributed by atoms with Gasteiger partial charge in [0.2, 0.25) is 0 Å². The summed E-state index contributed by atoms with van der Waals surface area (Å²) < 4.78 is 12.7. The van der Waals surface area contributed by atoms with E-state index in [4.69, 9.17) is 9.47 Å². The van der Waals surface area contributed by atoms with Crippen LogP contribution >= 0.6 is 0 Å². The summed E-state index contributed by atoms with van der Waals surface area (Å²) in [6, 6.07) is 1.57. The molecule has 0 bridgehead atoms. The lowest BCUT2D eigenvalue weighted by Gasteiger charge is -2.18. The van der Waals surface area contributed by atoms with E-state index in [1.54, 1.807) is 34.5 Å². The standard InChI is InChI=1S/C23H27N5O5/c1-26-10-3-5-16(13-26)21(29)24-19-9-12-28(23(31)25-19)20-8-7-18(33-20)15-32-22(30)17-6-4-11-27(2)14-17/h3-4,9-14,18,20H,5-8,15H2,1-2H3,(H,24,25,29,31)/t18-,20+/m0/s1. The van der Waals surface area contributed by atoms with Crippen molar-refractivity contribution in [2.75, 3.05) is 26.0 Å². The Labute approximate surface area is 191 Å². The van der Waals surface area contributed by atoms with E-state index in [2.05, 4.69) is 10.3 Å². The lowest BCUT2D eigenvalue weighted by Crippen LogP contribution is -2.29. The van der Waals surface area contributed by atoms with Crippen LogP contribution < -0.4 is 11.0 Å². The molecule has 2 atom stereocenters. The van der Waals surface area contributed by atoms with Crippen LogP contribution in [0.15, 0.2) is 65.2 Å². The first-order chi connectivity index (χ1) is 15.9. The predicted octanol–water partition coefficient (Wildman–Crippen LogP) is 1.87. The van der Waals surface area contributed by atoms with Crippen molar-refractivity contribution in [1.82, 2.24) is 19.4 Å². The zero-order valence-corrected chi connectivity index (χ0v) is 18.6. The molecule has 4 rings (SSSR count). The Hall–Kier alpha value is -3.66. The highest BCUT2D eigenvalue weighted by atomic mass is 16.6. The fourth-order valence-electron chi connectivity index (χ4n) is 3.84. The Morgan fingerprint density at radius 2 is 1.82 bits per heavy atom. The molecule has 4 heterocycles. The molecular formula is C23H27N5O5. The van der Waals surface area contributed by atoms with Gasteiger partial charge in [-0.05, 0) is 37.7 Å². The van der Waals surface area contributed by atoms with E-state index in [1.165, 1.54) is 4.57 Å². The Balaban J connectivity index is 1.30. The Morgan fingerprint density at radius 1 is 1.12 bits per heavy atom. The average Bonchev–Trinajstić information content (AvgIpc) is 3.26. The molecule has 1 aromatic rings. The first-order valence-electron chi connectivity index (χ1n) is 10.8. The summed E-state index contributed by atoms with van der Waals surface area (Å²) >= 11 is 0. The molecule has 3 aliphatic heterocycles.